The first kappa shape index (κ1) is 18.2. The molecule has 0 aliphatic carbocycles. The lowest BCUT2D eigenvalue weighted by molar-refractivity contribution is 0.0698. The Kier molecular flexibility index (Phi) is 4.18. The van der Waals surface area contributed by atoms with E-state index in [-0.39, 0.29) is 28.4 Å². The Morgan fingerprint density at radius 3 is 2.23 bits per heavy atom. The van der Waals surface area contributed by atoms with Crippen LogP contribution in [0.2, 0.25) is 0 Å². The topological polar surface area (TPSA) is 112 Å². The highest BCUT2D eigenvalue weighted by atomic mass is 16.4. The van der Waals surface area contributed by atoms with Crippen LogP contribution in [-0.4, -0.2) is 32.9 Å². The van der Waals surface area contributed by atoms with E-state index in [1.54, 1.807) is 12.1 Å². The van der Waals surface area contributed by atoms with Crippen molar-refractivity contribution in [3.8, 4) is 0 Å². The minimum Gasteiger partial charge on any atom is -0.478 e. The summed E-state index contributed by atoms with van der Waals surface area (Å²) in [5, 5.41) is 16.4. The SMILES string of the molecule is CC1(C)CC(Nc2ccc(C(=O)O)c(Nn3c(=O)c3=O)c2)CC(C)(C)N1. The summed E-state index contributed by atoms with van der Waals surface area (Å²) in [6, 6.07) is 4.98. The van der Waals surface area contributed by atoms with E-state index in [1.165, 1.54) is 6.07 Å². The molecule has 1 aromatic carbocycles. The van der Waals surface area contributed by atoms with Crippen molar-refractivity contribution in [1.29, 1.82) is 0 Å². The molecule has 8 heteroatoms. The molecule has 1 fully saturated rings. The summed E-state index contributed by atoms with van der Waals surface area (Å²) in [6.07, 6.45) is 1.81. The Labute approximate surface area is 150 Å². The number of carboxylic acids is 1. The van der Waals surface area contributed by atoms with Crippen LogP contribution in [0.15, 0.2) is 27.8 Å². The molecule has 2 aromatic rings. The van der Waals surface area contributed by atoms with E-state index < -0.39 is 17.1 Å². The molecule has 0 atom stereocenters. The van der Waals surface area contributed by atoms with Crippen LogP contribution in [0.1, 0.15) is 50.9 Å². The van der Waals surface area contributed by atoms with Crippen molar-refractivity contribution in [2.24, 2.45) is 0 Å². The van der Waals surface area contributed by atoms with Gasteiger partial charge in [-0.25, -0.2) is 4.79 Å². The molecule has 0 saturated carbocycles. The maximum Gasteiger partial charge on any atom is 0.340 e. The molecule has 0 amide bonds. The molecule has 26 heavy (non-hydrogen) atoms. The van der Waals surface area contributed by atoms with Gasteiger partial charge in [-0.1, -0.05) is 0 Å². The second-order valence-corrected chi connectivity index (χ2v) is 8.27. The van der Waals surface area contributed by atoms with Crippen LogP contribution < -0.4 is 27.2 Å². The normalized spacial score (nSPS) is 19.4. The minimum absolute atomic E-state index is 0.00554. The molecule has 0 unspecified atom stereocenters. The molecule has 0 radical (unpaired) electrons. The van der Waals surface area contributed by atoms with Gasteiger partial charge in [0.05, 0.1) is 11.3 Å². The summed E-state index contributed by atoms with van der Waals surface area (Å²) < 4.78 is 0.794. The van der Waals surface area contributed by atoms with E-state index in [2.05, 4.69) is 43.8 Å². The monoisotopic (exact) mass is 360 g/mol. The molecule has 4 N–H and O–H groups in total. The first-order valence-electron chi connectivity index (χ1n) is 8.56. The van der Waals surface area contributed by atoms with Gasteiger partial charge < -0.3 is 15.7 Å². The van der Waals surface area contributed by atoms with Crippen LogP contribution in [0.5, 0.6) is 0 Å². The first-order chi connectivity index (χ1) is 12.0. The minimum atomic E-state index is -1.13. The third kappa shape index (κ3) is 3.80. The molecule has 8 nitrogen and oxygen atoms in total. The highest BCUT2D eigenvalue weighted by Crippen LogP contribution is 2.31. The smallest absolute Gasteiger partial charge is 0.340 e. The maximum atomic E-state index is 11.4. The Hall–Kier alpha value is -2.61. The van der Waals surface area contributed by atoms with E-state index in [4.69, 9.17) is 0 Å². The van der Waals surface area contributed by atoms with E-state index in [1.807, 2.05) is 0 Å². The molecular formula is C18H24N4O4. The second-order valence-electron chi connectivity index (χ2n) is 8.27. The van der Waals surface area contributed by atoms with Crippen molar-refractivity contribution in [3.63, 3.8) is 0 Å². The summed E-state index contributed by atoms with van der Waals surface area (Å²) >= 11 is 0. The molecule has 1 aliphatic rings. The van der Waals surface area contributed by atoms with Gasteiger partial charge in [0.1, 0.15) is 0 Å². The van der Waals surface area contributed by atoms with Gasteiger partial charge in [0, 0.05) is 22.8 Å². The molecule has 0 spiro atoms. The summed E-state index contributed by atoms with van der Waals surface area (Å²) in [6.45, 7) is 8.61. The van der Waals surface area contributed by atoms with Gasteiger partial charge in [-0.3, -0.25) is 15.0 Å². The lowest BCUT2D eigenvalue weighted by Crippen LogP contribution is -2.60. The standard InChI is InChI=1S/C18H24N4O4/c1-17(2)8-11(9-18(3,4)21-17)19-10-5-6-12(16(25)26)13(7-10)20-22-14(23)15(22)24/h5-7,11,19-21H,8-9H2,1-4H3,(H,25,26). The summed E-state index contributed by atoms with van der Waals surface area (Å²) in [7, 11) is 0. The van der Waals surface area contributed by atoms with Gasteiger partial charge in [-0.2, -0.15) is 4.68 Å². The third-order valence-corrected chi connectivity index (χ3v) is 4.58. The maximum absolute atomic E-state index is 11.4. The zero-order valence-corrected chi connectivity index (χ0v) is 15.3. The van der Waals surface area contributed by atoms with Crippen LogP contribution in [-0.2, 0) is 0 Å². The zero-order chi connectivity index (χ0) is 19.3. The van der Waals surface area contributed by atoms with Crippen LogP contribution in [0.3, 0.4) is 0 Å². The zero-order valence-electron chi connectivity index (χ0n) is 15.3. The number of aromatic carboxylic acids is 1. The van der Waals surface area contributed by atoms with Gasteiger partial charge in [-0.15, -0.1) is 0 Å². The molecule has 1 saturated heterocycles. The molecule has 140 valence electrons. The average Bonchev–Trinajstić information content (AvgIpc) is 3.02. The predicted molar refractivity (Wildman–Crippen MR) is 99.7 cm³/mol. The number of hydrogen-bond donors (Lipinski definition) is 4. The van der Waals surface area contributed by atoms with Gasteiger partial charge in [0.25, 0.3) is 0 Å². The quantitative estimate of drug-likeness (QED) is 0.596. The fourth-order valence-corrected chi connectivity index (χ4v) is 3.93. The fraction of sp³-hybridized carbons (Fsp3) is 0.500. The molecule has 1 aliphatic heterocycles. The van der Waals surface area contributed by atoms with Crippen LogP contribution >= 0.6 is 0 Å². The number of nitrogens with one attached hydrogen (secondary N) is 3. The van der Waals surface area contributed by atoms with Crippen molar-refractivity contribution in [2.45, 2.75) is 57.7 Å². The molecule has 1 aromatic heterocycles. The van der Waals surface area contributed by atoms with Crippen molar-refractivity contribution in [1.82, 2.24) is 9.99 Å². The number of piperidine rings is 1. The van der Waals surface area contributed by atoms with E-state index in [0.29, 0.717) is 0 Å². The predicted octanol–water partition coefficient (Wildman–Crippen LogP) is 1.38. The number of benzene rings is 1. The van der Waals surface area contributed by atoms with Crippen molar-refractivity contribution in [2.75, 3.05) is 10.7 Å². The van der Waals surface area contributed by atoms with Crippen molar-refractivity contribution in [3.05, 3.63) is 44.5 Å². The van der Waals surface area contributed by atoms with Gasteiger partial charge in [0.2, 0.25) is 0 Å². The molecular weight excluding hydrogens is 336 g/mol. The molecule has 3 rings (SSSR count). The second kappa shape index (κ2) is 5.98. The van der Waals surface area contributed by atoms with Gasteiger partial charge in [0.15, 0.2) is 0 Å². The number of nitrogens with zero attached hydrogens (tertiary/aromatic N) is 1. The van der Waals surface area contributed by atoms with Crippen LogP contribution in [0, 0.1) is 0 Å². The average molecular weight is 360 g/mol. The van der Waals surface area contributed by atoms with E-state index in [9.17, 15) is 19.5 Å². The summed E-state index contributed by atoms with van der Waals surface area (Å²) in [5.41, 5.74) is 2.09. The lowest BCUT2D eigenvalue weighted by Gasteiger charge is -2.47. The summed E-state index contributed by atoms with van der Waals surface area (Å²) in [4.78, 5) is 33.8. The van der Waals surface area contributed by atoms with Gasteiger partial charge >= 0.3 is 17.1 Å². The highest BCUT2D eigenvalue weighted by Gasteiger charge is 2.37. The fourth-order valence-electron chi connectivity index (χ4n) is 3.93. The number of rotatable bonds is 5. The van der Waals surface area contributed by atoms with Crippen molar-refractivity contribution < 1.29 is 9.90 Å². The third-order valence-electron chi connectivity index (χ3n) is 4.58. The number of anilines is 2. The van der Waals surface area contributed by atoms with Crippen molar-refractivity contribution >= 4 is 17.3 Å². The van der Waals surface area contributed by atoms with Crippen LogP contribution in [0.4, 0.5) is 11.4 Å². The number of aromatic nitrogens is 1. The van der Waals surface area contributed by atoms with Gasteiger partial charge in [-0.05, 0) is 58.7 Å². The molecule has 0 bridgehead atoms. The number of carboxylic acid groups (broad SMARTS) is 1. The number of carbonyl (C=O) groups is 1. The summed E-state index contributed by atoms with van der Waals surface area (Å²) in [5.74, 6) is -1.13. The number of hydrogen-bond acceptors (Lipinski definition) is 6. The lowest BCUT2D eigenvalue weighted by atomic mass is 9.79. The molecule has 2 heterocycles. The Morgan fingerprint density at radius 2 is 1.73 bits per heavy atom. The Morgan fingerprint density at radius 1 is 1.15 bits per heavy atom. The van der Waals surface area contributed by atoms with E-state index in [0.717, 1.165) is 23.2 Å². The van der Waals surface area contributed by atoms with Crippen LogP contribution in [0.25, 0.3) is 0 Å². The largest absolute Gasteiger partial charge is 0.478 e. The Bertz CT molecular complexity index is 880. The first-order valence-corrected chi connectivity index (χ1v) is 8.56. The highest BCUT2D eigenvalue weighted by molar-refractivity contribution is 5.95. The Balaban J connectivity index is 1.84. The van der Waals surface area contributed by atoms with E-state index >= 15 is 0 Å².